The summed E-state index contributed by atoms with van der Waals surface area (Å²) in [5.74, 6) is 0.540. The summed E-state index contributed by atoms with van der Waals surface area (Å²) in [5, 5.41) is 1.07. The van der Waals surface area contributed by atoms with Gasteiger partial charge in [-0.15, -0.1) is 0 Å². The Labute approximate surface area is 71.7 Å². The fraction of sp³-hybridized carbons (Fsp3) is 0. The van der Waals surface area contributed by atoms with Crippen LogP contribution in [0.25, 0.3) is 10.9 Å². The molecule has 0 bridgehead atoms. The Morgan fingerprint density at radius 3 is 3.18 bits per heavy atom. The number of nitrogen functional groups attached to an aromatic ring is 1. The Hall–Kier alpha value is -1.03. The Balaban J connectivity index is 2.87. The molecule has 0 fully saturated rings. The summed E-state index contributed by atoms with van der Waals surface area (Å²) in [4.78, 5) is 7.00. The molecule has 0 aliphatic carbocycles. The third-order valence-electron chi connectivity index (χ3n) is 1.54. The Morgan fingerprint density at radius 1 is 1.55 bits per heavy atom. The van der Waals surface area contributed by atoms with Crippen molar-refractivity contribution in [2.45, 2.75) is 0 Å². The van der Waals surface area contributed by atoms with Gasteiger partial charge in [0.15, 0.2) is 0 Å². The Kier molecular flexibility index (Phi) is 1.35. The number of nitrogens with two attached hydrogens (primary N) is 1. The van der Waals surface area contributed by atoms with Crippen LogP contribution < -0.4 is 5.73 Å². The van der Waals surface area contributed by atoms with Crippen molar-refractivity contribution < 1.29 is 0 Å². The molecular formula is C7H6BrN3. The van der Waals surface area contributed by atoms with Crippen LogP contribution in [0.15, 0.2) is 22.9 Å². The molecule has 0 amide bonds. The number of hydrogen-bond donors (Lipinski definition) is 2. The van der Waals surface area contributed by atoms with Gasteiger partial charge in [-0.1, -0.05) is 0 Å². The largest absolute Gasteiger partial charge is 0.384 e. The van der Waals surface area contributed by atoms with E-state index >= 15 is 0 Å². The van der Waals surface area contributed by atoms with Gasteiger partial charge in [-0.2, -0.15) is 0 Å². The first-order valence-electron chi connectivity index (χ1n) is 3.15. The molecule has 2 heterocycles. The average Bonchev–Trinajstić information content (AvgIpc) is 2.33. The van der Waals surface area contributed by atoms with Crippen molar-refractivity contribution in [3.05, 3.63) is 22.9 Å². The lowest BCUT2D eigenvalue weighted by molar-refractivity contribution is 1.34. The molecule has 0 aliphatic heterocycles. The first-order valence-corrected chi connectivity index (χ1v) is 3.95. The summed E-state index contributed by atoms with van der Waals surface area (Å²) < 4.78 is 1.02. The number of aromatic amines is 1. The standard InChI is InChI=1S/C7H6BrN3/c8-5-2-10-6-3-11-7(9)1-4(5)6/h1-3,10H,(H2,9,11). The predicted molar refractivity (Wildman–Crippen MR) is 48.2 cm³/mol. The highest BCUT2D eigenvalue weighted by Gasteiger charge is 1.99. The van der Waals surface area contributed by atoms with E-state index in [-0.39, 0.29) is 0 Å². The number of pyridine rings is 1. The molecule has 0 aromatic carbocycles. The second-order valence-electron chi connectivity index (χ2n) is 2.29. The van der Waals surface area contributed by atoms with Crippen LogP contribution in [0.2, 0.25) is 0 Å². The van der Waals surface area contributed by atoms with Crippen molar-refractivity contribution >= 4 is 32.7 Å². The van der Waals surface area contributed by atoms with Crippen LogP contribution in [0, 0.1) is 0 Å². The molecule has 4 heteroatoms. The lowest BCUT2D eigenvalue weighted by Gasteiger charge is -1.91. The van der Waals surface area contributed by atoms with Crippen molar-refractivity contribution in [3.8, 4) is 0 Å². The van der Waals surface area contributed by atoms with Crippen LogP contribution >= 0.6 is 15.9 Å². The second-order valence-corrected chi connectivity index (χ2v) is 3.15. The molecule has 0 saturated heterocycles. The zero-order valence-electron chi connectivity index (χ0n) is 5.63. The third kappa shape index (κ3) is 0.991. The number of fused-ring (bicyclic) bond motifs is 1. The number of aromatic nitrogens is 2. The predicted octanol–water partition coefficient (Wildman–Crippen LogP) is 1.91. The van der Waals surface area contributed by atoms with Crippen molar-refractivity contribution in [3.63, 3.8) is 0 Å². The summed E-state index contributed by atoms with van der Waals surface area (Å²) in [5.41, 5.74) is 6.50. The van der Waals surface area contributed by atoms with Crippen LogP contribution in [0.4, 0.5) is 5.82 Å². The summed E-state index contributed by atoms with van der Waals surface area (Å²) >= 11 is 3.39. The zero-order chi connectivity index (χ0) is 7.84. The van der Waals surface area contributed by atoms with Gasteiger partial charge in [0.25, 0.3) is 0 Å². The monoisotopic (exact) mass is 211 g/mol. The molecular weight excluding hydrogens is 206 g/mol. The Bertz CT molecular complexity index is 393. The van der Waals surface area contributed by atoms with E-state index < -0.39 is 0 Å². The van der Waals surface area contributed by atoms with E-state index in [1.165, 1.54) is 0 Å². The molecule has 0 aliphatic rings. The van der Waals surface area contributed by atoms with Crippen LogP contribution in [-0.4, -0.2) is 9.97 Å². The lowest BCUT2D eigenvalue weighted by Crippen LogP contribution is -1.87. The van der Waals surface area contributed by atoms with Gasteiger partial charge in [0.2, 0.25) is 0 Å². The Morgan fingerprint density at radius 2 is 2.36 bits per heavy atom. The number of anilines is 1. The van der Waals surface area contributed by atoms with E-state index in [9.17, 15) is 0 Å². The average molecular weight is 212 g/mol. The molecule has 0 unspecified atom stereocenters. The summed E-state index contributed by atoms with van der Waals surface area (Å²) in [6, 6.07) is 1.83. The summed E-state index contributed by atoms with van der Waals surface area (Å²) in [6.45, 7) is 0. The quantitative estimate of drug-likeness (QED) is 0.700. The van der Waals surface area contributed by atoms with E-state index in [2.05, 4.69) is 25.9 Å². The minimum atomic E-state index is 0.540. The molecule has 2 aromatic heterocycles. The van der Waals surface area contributed by atoms with E-state index in [4.69, 9.17) is 5.73 Å². The fourth-order valence-corrected chi connectivity index (χ4v) is 1.45. The van der Waals surface area contributed by atoms with Crippen molar-refractivity contribution in [1.82, 2.24) is 9.97 Å². The lowest BCUT2D eigenvalue weighted by atomic mass is 10.3. The number of halogens is 1. The summed E-state index contributed by atoms with van der Waals surface area (Å²) in [7, 11) is 0. The second kappa shape index (κ2) is 2.23. The van der Waals surface area contributed by atoms with Gasteiger partial charge >= 0.3 is 0 Å². The molecule has 0 saturated carbocycles. The number of nitrogens with zero attached hydrogens (tertiary/aromatic N) is 1. The van der Waals surface area contributed by atoms with Crippen molar-refractivity contribution in [2.75, 3.05) is 5.73 Å². The van der Waals surface area contributed by atoms with E-state index in [1.807, 2.05) is 12.3 Å². The minimum absolute atomic E-state index is 0.540. The van der Waals surface area contributed by atoms with Gasteiger partial charge in [0.05, 0.1) is 11.7 Å². The van der Waals surface area contributed by atoms with Crippen LogP contribution in [0.1, 0.15) is 0 Å². The molecule has 56 valence electrons. The maximum Gasteiger partial charge on any atom is 0.124 e. The fourth-order valence-electron chi connectivity index (χ4n) is 1.00. The van der Waals surface area contributed by atoms with Gasteiger partial charge in [-0.05, 0) is 22.0 Å². The first kappa shape index (κ1) is 6.67. The molecule has 11 heavy (non-hydrogen) atoms. The minimum Gasteiger partial charge on any atom is -0.384 e. The number of rotatable bonds is 0. The van der Waals surface area contributed by atoms with E-state index in [0.29, 0.717) is 5.82 Å². The van der Waals surface area contributed by atoms with Gasteiger partial charge in [0.1, 0.15) is 5.82 Å². The van der Waals surface area contributed by atoms with Crippen LogP contribution in [0.5, 0.6) is 0 Å². The highest BCUT2D eigenvalue weighted by Crippen LogP contribution is 2.23. The molecule has 0 spiro atoms. The maximum atomic E-state index is 5.51. The topological polar surface area (TPSA) is 54.7 Å². The van der Waals surface area contributed by atoms with Gasteiger partial charge in [-0.3, -0.25) is 0 Å². The molecule has 3 N–H and O–H groups in total. The molecule has 3 nitrogen and oxygen atoms in total. The first-order chi connectivity index (χ1) is 5.27. The molecule has 2 aromatic rings. The highest BCUT2D eigenvalue weighted by molar-refractivity contribution is 9.10. The summed E-state index contributed by atoms with van der Waals surface area (Å²) in [6.07, 6.45) is 3.58. The zero-order valence-corrected chi connectivity index (χ0v) is 7.22. The third-order valence-corrected chi connectivity index (χ3v) is 2.19. The van der Waals surface area contributed by atoms with Crippen LogP contribution in [0.3, 0.4) is 0 Å². The SMILES string of the molecule is Nc1cc2c(Br)c[nH]c2cn1. The van der Waals surface area contributed by atoms with E-state index in [1.54, 1.807) is 6.20 Å². The van der Waals surface area contributed by atoms with Crippen molar-refractivity contribution in [1.29, 1.82) is 0 Å². The smallest absolute Gasteiger partial charge is 0.124 e. The number of nitrogens with one attached hydrogen (secondary N) is 1. The van der Waals surface area contributed by atoms with Gasteiger partial charge in [-0.25, -0.2) is 4.98 Å². The molecule has 0 radical (unpaired) electrons. The molecule has 2 rings (SSSR count). The van der Waals surface area contributed by atoms with Crippen molar-refractivity contribution in [2.24, 2.45) is 0 Å². The number of H-pyrrole nitrogens is 1. The van der Waals surface area contributed by atoms with E-state index in [0.717, 1.165) is 15.4 Å². The van der Waals surface area contributed by atoms with Crippen LogP contribution in [-0.2, 0) is 0 Å². The normalized spacial score (nSPS) is 10.6. The number of hydrogen-bond acceptors (Lipinski definition) is 2. The maximum absolute atomic E-state index is 5.51. The highest BCUT2D eigenvalue weighted by atomic mass is 79.9. The van der Waals surface area contributed by atoms with Gasteiger partial charge in [0, 0.05) is 16.1 Å². The van der Waals surface area contributed by atoms with Gasteiger partial charge < -0.3 is 10.7 Å². The molecule has 0 atom stereocenters.